The summed E-state index contributed by atoms with van der Waals surface area (Å²) in [6.07, 6.45) is 2.05. The molecule has 0 fully saturated rings. The summed E-state index contributed by atoms with van der Waals surface area (Å²) < 4.78 is 7.19. The van der Waals surface area contributed by atoms with Crippen LogP contribution in [-0.2, 0) is 23.6 Å². The average molecular weight is 232 g/mol. The first kappa shape index (κ1) is 12.5. The van der Waals surface area contributed by atoms with Crippen LogP contribution in [0.3, 0.4) is 0 Å². The molecule has 0 aromatic carbocycles. The van der Waals surface area contributed by atoms with Gasteiger partial charge in [0.1, 0.15) is 5.69 Å². The standard InChI is InChI=1S/C10H18ClN3O/c1-3-5-10-9(8-11)12-13-14(10)6-7-15-4-2/h3-8H2,1-2H3. The fourth-order valence-electron chi connectivity index (χ4n) is 1.46. The molecule has 5 heteroatoms. The zero-order valence-corrected chi connectivity index (χ0v) is 10.1. The summed E-state index contributed by atoms with van der Waals surface area (Å²) in [4.78, 5) is 0. The van der Waals surface area contributed by atoms with Crippen LogP contribution in [0.5, 0.6) is 0 Å². The van der Waals surface area contributed by atoms with Crippen LogP contribution in [0.2, 0.25) is 0 Å². The van der Waals surface area contributed by atoms with E-state index >= 15 is 0 Å². The highest BCUT2D eigenvalue weighted by molar-refractivity contribution is 6.16. The van der Waals surface area contributed by atoms with Gasteiger partial charge in [-0.15, -0.1) is 16.7 Å². The molecule has 0 radical (unpaired) electrons. The summed E-state index contributed by atoms with van der Waals surface area (Å²) in [5, 5.41) is 8.14. The Morgan fingerprint density at radius 1 is 1.40 bits per heavy atom. The number of ether oxygens (including phenoxy) is 1. The zero-order valence-electron chi connectivity index (χ0n) is 9.37. The van der Waals surface area contributed by atoms with Crippen molar-refractivity contribution in [3.05, 3.63) is 11.4 Å². The molecule has 0 N–H and O–H groups in total. The Bertz CT molecular complexity index is 288. The van der Waals surface area contributed by atoms with E-state index in [4.69, 9.17) is 16.3 Å². The van der Waals surface area contributed by atoms with E-state index in [-0.39, 0.29) is 0 Å². The van der Waals surface area contributed by atoms with Crippen molar-refractivity contribution in [1.82, 2.24) is 15.0 Å². The van der Waals surface area contributed by atoms with Crippen LogP contribution in [0, 0.1) is 0 Å². The number of halogens is 1. The molecule has 0 amide bonds. The highest BCUT2D eigenvalue weighted by atomic mass is 35.5. The molecule has 0 spiro atoms. The molecule has 0 aliphatic carbocycles. The number of alkyl halides is 1. The second-order valence-electron chi connectivity index (χ2n) is 3.29. The fraction of sp³-hybridized carbons (Fsp3) is 0.800. The van der Waals surface area contributed by atoms with E-state index in [1.165, 1.54) is 0 Å². The second-order valence-corrected chi connectivity index (χ2v) is 3.55. The first-order chi connectivity index (χ1) is 7.33. The maximum Gasteiger partial charge on any atom is 0.101 e. The maximum absolute atomic E-state index is 5.80. The molecule has 1 aromatic rings. The van der Waals surface area contributed by atoms with Crippen LogP contribution in [-0.4, -0.2) is 28.2 Å². The van der Waals surface area contributed by atoms with Crippen LogP contribution >= 0.6 is 11.6 Å². The molecular formula is C10H18ClN3O. The Balaban J connectivity index is 2.64. The molecule has 1 rings (SSSR count). The number of rotatable bonds is 7. The van der Waals surface area contributed by atoms with E-state index < -0.39 is 0 Å². The third kappa shape index (κ3) is 3.47. The minimum absolute atomic E-state index is 0.434. The SMILES string of the molecule is CCCc1c(CCl)nnn1CCOCC. The van der Waals surface area contributed by atoms with Gasteiger partial charge in [-0.1, -0.05) is 18.6 Å². The van der Waals surface area contributed by atoms with Crippen LogP contribution in [0.1, 0.15) is 31.7 Å². The summed E-state index contributed by atoms with van der Waals surface area (Å²) in [6, 6.07) is 0. The molecule has 0 bridgehead atoms. The van der Waals surface area contributed by atoms with Gasteiger partial charge in [0.05, 0.1) is 24.7 Å². The molecule has 0 saturated heterocycles. The largest absolute Gasteiger partial charge is 0.380 e. The van der Waals surface area contributed by atoms with E-state index in [1.54, 1.807) is 0 Å². The van der Waals surface area contributed by atoms with E-state index in [0.29, 0.717) is 12.5 Å². The lowest BCUT2D eigenvalue weighted by Crippen LogP contribution is -2.11. The predicted octanol–water partition coefficient (Wildman–Crippen LogP) is 2.01. The first-order valence-corrected chi connectivity index (χ1v) is 5.91. The number of hydrogen-bond donors (Lipinski definition) is 0. The minimum atomic E-state index is 0.434. The molecule has 0 aliphatic rings. The monoisotopic (exact) mass is 231 g/mol. The smallest absolute Gasteiger partial charge is 0.101 e. The summed E-state index contributed by atoms with van der Waals surface area (Å²) >= 11 is 5.80. The van der Waals surface area contributed by atoms with Gasteiger partial charge in [0.2, 0.25) is 0 Å². The van der Waals surface area contributed by atoms with E-state index in [1.807, 2.05) is 11.6 Å². The predicted molar refractivity (Wildman–Crippen MR) is 60.1 cm³/mol. The Kier molecular flexibility index (Phi) is 5.65. The molecule has 0 unspecified atom stereocenters. The Morgan fingerprint density at radius 2 is 2.20 bits per heavy atom. The fourth-order valence-corrected chi connectivity index (χ4v) is 1.67. The average Bonchev–Trinajstić information content (AvgIpc) is 2.62. The van der Waals surface area contributed by atoms with Crippen LogP contribution in [0.25, 0.3) is 0 Å². The van der Waals surface area contributed by atoms with Gasteiger partial charge in [-0.2, -0.15) is 0 Å². The lowest BCUT2D eigenvalue weighted by atomic mass is 10.2. The Morgan fingerprint density at radius 3 is 2.80 bits per heavy atom. The molecule has 0 aliphatic heterocycles. The molecular weight excluding hydrogens is 214 g/mol. The van der Waals surface area contributed by atoms with Gasteiger partial charge in [0, 0.05) is 6.61 Å². The van der Waals surface area contributed by atoms with Gasteiger partial charge < -0.3 is 4.74 Å². The number of nitrogens with zero attached hydrogens (tertiary/aromatic N) is 3. The highest BCUT2D eigenvalue weighted by Crippen LogP contribution is 2.10. The van der Waals surface area contributed by atoms with E-state index in [2.05, 4.69) is 17.2 Å². The van der Waals surface area contributed by atoms with Gasteiger partial charge in [-0.3, -0.25) is 0 Å². The van der Waals surface area contributed by atoms with E-state index in [9.17, 15) is 0 Å². The van der Waals surface area contributed by atoms with Crippen molar-refractivity contribution in [2.45, 2.75) is 39.1 Å². The third-order valence-electron chi connectivity index (χ3n) is 2.18. The van der Waals surface area contributed by atoms with Crippen LogP contribution in [0.15, 0.2) is 0 Å². The number of aromatic nitrogens is 3. The minimum Gasteiger partial charge on any atom is -0.380 e. The van der Waals surface area contributed by atoms with Crippen molar-refractivity contribution >= 4 is 11.6 Å². The van der Waals surface area contributed by atoms with Crippen molar-refractivity contribution < 1.29 is 4.74 Å². The summed E-state index contributed by atoms with van der Waals surface area (Å²) in [6.45, 7) is 6.29. The molecule has 1 aromatic heterocycles. The topological polar surface area (TPSA) is 39.9 Å². The highest BCUT2D eigenvalue weighted by Gasteiger charge is 2.10. The maximum atomic E-state index is 5.80. The molecule has 86 valence electrons. The lowest BCUT2D eigenvalue weighted by Gasteiger charge is -2.06. The summed E-state index contributed by atoms with van der Waals surface area (Å²) in [5.41, 5.74) is 2.04. The normalized spacial score (nSPS) is 10.9. The summed E-state index contributed by atoms with van der Waals surface area (Å²) in [5.74, 6) is 0.434. The summed E-state index contributed by atoms with van der Waals surface area (Å²) in [7, 11) is 0. The van der Waals surface area contributed by atoms with Crippen molar-refractivity contribution in [2.75, 3.05) is 13.2 Å². The van der Waals surface area contributed by atoms with Crippen molar-refractivity contribution in [2.24, 2.45) is 0 Å². The second kappa shape index (κ2) is 6.80. The van der Waals surface area contributed by atoms with Gasteiger partial charge in [-0.05, 0) is 13.3 Å². The van der Waals surface area contributed by atoms with E-state index in [0.717, 1.165) is 37.4 Å². The first-order valence-electron chi connectivity index (χ1n) is 5.38. The molecule has 0 atom stereocenters. The molecule has 4 nitrogen and oxygen atoms in total. The molecule has 1 heterocycles. The van der Waals surface area contributed by atoms with Crippen molar-refractivity contribution in [3.63, 3.8) is 0 Å². The van der Waals surface area contributed by atoms with Gasteiger partial charge in [-0.25, -0.2) is 4.68 Å². The Hall–Kier alpha value is -0.610. The number of hydrogen-bond acceptors (Lipinski definition) is 3. The van der Waals surface area contributed by atoms with Crippen molar-refractivity contribution in [1.29, 1.82) is 0 Å². The van der Waals surface area contributed by atoms with Gasteiger partial charge in [0.15, 0.2) is 0 Å². The van der Waals surface area contributed by atoms with Gasteiger partial charge >= 0.3 is 0 Å². The third-order valence-corrected chi connectivity index (χ3v) is 2.44. The quantitative estimate of drug-likeness (QED) is 0.532. The Labute approximate surface area is 95.6 Å². The molecule has 15 heavy (non-hydrogen) atoms. The van der Waals surface area contributed by atoms with Crippen molar-refractivity contribution in [3.8, 4) is 0 Å². The zero-order chi connectivity index (χ0) is 11.1. The van der Waals surface area contributed by atoms with Crippen LogP contribution < -0.4 is 0 Å². The lowest BCUT2D eigenvalue weighted by molar-refractivity contribution is 0.135. The van der Waals surface area contributed by atoms with Crippen LogP contribution in [0.4, 0.5) is 0 Å². The van der Waals surface area contributed by atoms with Gasteiger partial charge in [0.25, 0.3) is 0 Å². The molecule has 0 saturated carbocycles.